The van der Waals surface area contributed by atoms with Crippen LogP contribution in [0.2, 0.25) is 0 Å². The fraction of sp³-hybridized carbons (Fsp3) is 0.455. The minimum atomic E-state index is -0.991. The van der Waals surface area contributed by atoms with Gasteiger partial charge in [0.25, 0.3) is 5.91 Å². The molecule has 0 radical (unpaired) electrons. The summed E-state index contributed by atoms with van der Waals surface area (Å²) in [6, 6.07) is 5.57. The predicted molar refractivity (Wildman–Crippen MR) is 107 cm³/mol. The van der Waals surface area contributed by atoms with Gasteiger partial charge in [0.05, 0.1) is 19.3 Å². The minimum absolute atomic E-state index is 0.0436. The maximum Gasteiger partial charge on any atom is 0.330 e. The van der Waals surface area contributed by atoms with E-state index in [1.807, 2.05) is 0 Å². The average Bonchev–Trinajstić information content (AvgIpc) is 2.66. The molecule has 0 unspecified atom stereocenters. The molecule has 0 saturated heterocycles. The van der Waals surface area contributed by atoms with Gasteiger partial charge in [-0.3, -0.25) is 4.79 Å². The monoisotopic (exact) mass is 398 g/mol. The zero-order valence-corrected chi connectivity index (χ0v) is 16.8. The number of carbonyl (C=O) groups is 2. The Morgan fingerprint density at radius 3 is 2.45 bits per heavy atom. The van der Waals surface area contributed by atoms with Crippen LogP contribution in [-0.4, -0.2) is 53.0 Å². The highest BCUT2D eigenvalue weighted by atomic mass is 16.5. The fourth-order valence-electron chi connectivity index (χ4n) is 2.92. The Kier molecular flexibility index (Phi) is 7.05. The zero-order chi connectivity index (χ0) is 21.7. The van der Waals surface area contributed by atoms with Gasteiger partial charge in [-0.15, -0.1) is 0 Å². The molecule has 1 fully saturated rings. The largest absolute Gasteiger partial charge is 0.467 e. The van der Waals surface area contributed by atoms with Crippen molar-refractivity contribution in [1.82, 2.24) is 5.32 Å². The highest BCUT2D eigenvalue weighted by Crippen LogP contribution is 2.36. The molecule has 1 saturated carbocycles. The lowest BCUT2D eigenvalue weighted by molar-refractivity contribution is -0.144. The number of benzene rings is 1. The van der Waals surface area contributed by atoms with Gasteiger partial charge in [-0.1, -0.05) is 11.8 Å². The molecule has 0 bridgehead atoms. The number of ether oxygens (including phenoxy) is 1. The Bertz CT molecular complexity index is 872. The van der Waals surface area contributed by atoms with Crippen molar-refractivity contribution < 1.29 is 24.5 Å². The van der Waals surface area contributed by atoms with Gasteiger partial charge in [-0.05, 0) is 62.8 Å². The molecule has 1 aliphatic rings. The van der Waals surface area contributed by atoms with Crippen LogP contribution < -0.4 is 11.1 Å². The van der Waals surface area contributed by atoms with Gasteiger partial charge in [0, 0.05) is 22.6 Å². The summed E-state index contributed by atoms with van der Waals surface area (Å²) in [5.74, 6) is 10.3. The van der Waals surface area contributed by atoms with Gasteiger partial charge in [0.15, 0.2) is 0 Å². The number of rotatable bonds is 5. The molecular weight excluding hydrogens is 372 g/mol. The number of nitrogens with two attached hydrogens (primary N) is 1. The molecule has 1 amide bonds. The number of esters is 1. The van der Waals surface area contributed by atoms with Crippen molar-refractivity contribution in [1.29, 1.82) is 0 Å². The summed E-state index contributed by atoms with van der Waals surface area (Å²) >= 11 is 0. The molecule has 0 aliphatic heterocycles. The van der Waals surface area contributed by atoms with E-state index in [9.17, 15) is 14.7 Å². The van der Waals surface area contributed by atoms with Crippen molar-refractivity contribution >= 4 is 11.9 Å². The lowest BCUT2D eigenvalue weighted by Gasteiger charge is -2.39. The van der Waals surface area contributed by atoms with Crippen LogP contribution in [0.25, 0.3) is 0 Å². The number of methoxy groups -OCH3 is 1. The molecule has 1 aromatic carbocycles. The zero-order valence-electron chi connectivity index (χ0n) is 16.8. The van der Waals surface area contributed by atoms with E-state index in [4.69, 9.17) is 15.6 Å². The van der Waals surface area contributed by atoms with Gasteiger partial charge in [-0.25, -0.2) is 4.79 Å². The predicted octanol–water partition coefficient (Wildman–Crippen LogP) is 0.184. The van der Waals surface area contributed by atoms with Crippen molar-refractivity contribution in [2.24, 2.45) is 11.7 Å². The third-order valence-corrected chi connectivity index (χ3v) is 4.70. The van der Waals surface area contributed by atoms with E-state index < -0.39 is 29.1 Å². The number of hydrogen-bond acceptors (Lipinski definition) is 6. The van der Waals surface area contributed by atoms with Gasteiger partial charge >= 0.3 is 5.97 Å². The summed E-state index contributed by atoms with van der Waals surface area (Å²) in [7, 11) is 1.24. The van der Waals surface area contributed by atoms with Crippen LogP contribution in [0.3, 0.4) is 0 Å². The summed E-state index contributed by atoms with van der Waals surface area (Å²) in [6.07, 6.45) is 0.905. The normalized spacial score (nSPS) is 21.4. The second-order valence-electron chi connectivity index (χ2n) is 7.84. The number of carbonyl (C=O) groups excluding carboxylic acids is 2. The van der Waals surface area contributed by atoms with Gasteiger partial charge < -0.3 is 26.0 Å². The van der Waals surface area contributed by atoms with Crippen LogP contribution in [0, 0.1) is 29.6 Å². The third kappa shape index (κ3) is 6.07. The van der Waals surface area contributed by atoms with Crippen molar-refractivity contribution in [2.45, 2.75) is 43.9 Å². The van der Waals surface area contributed by atoms with E-state index in [0.717, 1.165) is 0 Å². The van der Waals surface area contributed by atoms with Crippen molar-refractivity contribution in [3.63, 3.8) is 0 Å². The lowest BCUT2D eigenvalue weighted by Crippen LogP contribution is -2.59. The van der Waals surface area contributed by atoms with Crippen molar-refractivity contribution in [3.8, 4) is 23.7 Å². The van der Waals surface area contributed by atoms with E-state index in [2.05, 4.69) is 29.0 Å². The first kappa shape index (κ1) is 22.4. The van der Waals surface area contributed by atoms with Gasteiger partial charge in [0.2, 0.25) is 0 Å². The Morgan fingerprint density at radius 1 is 1.31 bits per heavy atom. The smallest absolute Gasteiger partial charge is 0.330 e. The second kappa shape index (κ2) is 9.11. The first-order chi connectivity index (χ1) is 13.6. The average molecular weight is 398 g/mol. The van der Waals surface area contributed by atoms with E-state index >= 15 is 0 Å². The van der Waals surface area contributed by atoms with E-state index in [1.54, 1.807) is 38.1 Å². The highest BCUT2D eigenvalue weighted by molar-refractivity contribution is 5.97. The number of amides is 1. The number of aliphatic hydroxyl groups is 2. The first-order valence-corrected chi connectivity index (χ1v) is 9.20. The highest BCUT2D eigenvalue weighted by Gasteiger charge is 2.41. The molecule has 29 heavy (non-hydrogen) atoms. The van der Waals surface area contributed by atoms with Crippen LogP contribution >= 0.6 is 0 Å². The topological polar surface area (TPSA) is 122 Å². The molecule has 2 rings (SSSR count). The lowest BCUT2D eigenvalue weighted by atomic mass is 9.72. The Morgan fingerprint density at radius 2 is 1.93 bits per heavy atom. The van der Waals surface area contributed by atoms with Crippen molar-refractivity contribution in [3.05, 3.63) is 35.4 Å². The summed E-state index contributed by atoms with van der Waals surface area (Å²) in [5, 5.41) is 21.3. The van der Waals surface area contributed by atoms with Crippen LogP contribution in [0.15, 0.2) is 24.3 Å². The molecule has 5 N–H and O–H groups in total. The van der Waals surface area contributed by atoms with Crippen molar-refractivity contribution in [2.75, 3.05) is 13.7 Å². The van der Waals surface area contributed by atoms with Gasteiger partial charge in [0.1, 0.15) is 6.04 Å². The molecule has 1 atom stereocenters. The molecule has 7 heteroatoms. The van der Waals surface area contributed by atoms with Gasteiger partial charge in [-0.2, -0.15) is 0 Å². The van der Waals surface area contributed by atoms with Crippen LogP contribution in [0.1, 0.15) is 42.6 Å². The number of hydrogen-bond donors (Lipinski definition) is 4. The summed E-state index contributed by atoms with van der Waals surface area (Å²) in [4.78, 5) is 24.3. The quantitative estimate of drug-likeness (QED) is 0.415. The fourth-order valence-corrected chi connectivity index (χ4v) is 2.92. The number of aliphatic hydroxyl groups excluding tert-OH is 1. The maximum absolute atomic E-state index is 12.4. The molecule has 0 aromatic heterocycles. The summed E-state index contributed by atoms with van der Waals surface area (Å²) < 4.78 is 4.71. The van der Waals surface area contributed by atoms with E-state index in [0.29, 0.717) is 24.0 Å². The van der Waals surface area contributed by atoms with E-state index in [-0.39, 0.29) is 12.5 Å². The standard InChI is InChI=1S/C22H26N2O5/c1-21(2,23)18(20(27)29-3)24-19(26)17-10-8-15(9-11-17)6-4-5-7-16-12-22(28,13-16)14-25/h8-11,16,18,25,28H,12-14,23H2,1-3H3,(H,24,26)/t16?,18-,22?/m1/s1. The minimum Gasteiger partial charge on any atom is -0.467 e. The summed E-state index contributed by atoms with van der Waals surface area (Å²) in [5.41, 5.74) is 5.02. The Labute approximate surface area is 170 Å². The SMILES string of the molecule is COC(=O)[C@@H](NC(=O)c1ccc(C#CC#CC2CC(O)(CO)C2)cc1)C(C)(C)N. The van der Waals surface area contributed by atoms with Crippen LogP contribution in [0.4, 0.5) is 0 Å². The summed E-state index contributed by atoms with van der Waals surface area (Å²) in [6.45, 7) is 3.00. The van der Waals surface area contributed by atoms with Crippen LogP contribution in [-0.2, 0) is 9.53 Å². The molecular formula is C22H26N2O5. The Balaban J connectivity index is 1.97. The number of nitrogens with one attached hydrogen (secondary N) is 1. The molecule has 154 valence electrons. The Hall–Kier alpha value is -2.84. The van der Waals surface area contributed by atoms with E-state index in [1.165, 1.54) is 7.11 Å². The second-order valence-corrected chi connectivity index (χ2v) is 7.84. The third-order valence-electron chi connectivity index (χ3n) is 4.70. The molecule has 1 aliphatic carbocycles. The first-order valence-electron chi connectivity index (χ1n) is 9.20. The molecule has 1 aromatic rings. The van der Waals surface area contributed by atoms with Crippen LogP contribution in [0.5, 0.6) is 0 Å². The molecule has 7 nitrogen and oxygen atoms in total. The molecule has 0 heterocycles. The molecule has 0 spiro atoms. The maximum atomic E-state index is 12.4.